The zero-order valence-corrected chi connectivity index (χ0v) is 17.1. The summed E-state index contributed by atoms with van der Waals surface area (Å²) in [6.07, 6.45) is 2.12. The number of methoxy groups -OCH3 is 2. The molecule has 0 unspecified atom stereocenters. The maximum Gasteiger partial charge on any atom is 0.311 e. The molecule has 2 aromatic rings. The summed E-state index contributed by atoms with van der Waals surface area (Å²) in [6, 6.07) is 13.3. The molecule has 6 nitrogen and oxygen atoms in total. The molecular weight excluding hydrogens is 370 g/mol. The number of fused-ring (bicyclic) bond motifs is 1. The van der Waals surface area contributed by atoms with E-state index >= 15 is 0 Å². The number of benzene rings is 2. The van der Waals surface area contributed by atoms with Gasteiger partial charge in [-0.15, -0.1) is 0 Å². The number of ether oxygens (including phenoxy) is 3. The van der Waals surface area contributed by atoms with Crippen molar-refractivity contribution in [3.05, 3.63) is 59.2 Å². The van der Waals surface area contributed by atoms with Crippen molar-refractivity contribution in [3.8, 4) is 11.5 Å². The van der Waals surface area contributed by atoms with Gasteiger partial charge in [0.25, 0.3) is 5.91 Å². The molecule has 1 N–H and O–H groups in total. The van der Waals surface area contributed by atoms with E-state index in [4.69, 9.17) is 14.2 Å². The molecule has 2 aromatic carbocycles. The minimum atomic E-state index is -0.864. The van der Waals surface area contributed by atoms with Crippen molar-refractivity contribution < 1.29 is 23.8 Å². The molecule has 0 aromatic heterocycles. The monoisotopic (exact) mass is 397 g/mol. The molecule has 1 amide bonds. The number of hydrogen-bond acceptors (Lipinski definition) is 5. The van der Waals surface area contributed by atoms with E-state index in [0.717, 1.165) is 30.4 Å². The molecule has 0 heterocycles. The highest BCUT2D eigenvalue weighted by atomic mass is 16.5. The Morgan fingerprint density at radius 2 is 1.86 bits per heavy atom. The second-order valence-electron chi connectivity index (χ2n) is 7.15. The molecule has 0 spiro atoms. The van der Waals surface area contributed by atoms with E-state index in [9.17, 15) is 9.59 Å². The van der Waals surface area contributed by atoms with Gasteiger partial charge < -0.3 is 19.5 Å². The average molecular weight is 397 g/mol. The normalized spacial score (nSPS) is 16.3. The Morgan fingerprint density at radius 1 is 1.10 bits per heavy atom. The lowest BCUT2D eigenvalue weighted by atomic mass is 9.87. The van der Waals surface area contributed by atoms with Crippen LogP contribution in [-0.4, -0.2) is 32.2 Å². The highest BCUT2D eigenvalue weighted by molar-refractivity contribution is 5.84. The van der Waals surface area contributed by atoms with E-state index in [1.54, 1.807) is 32.2 Å². The molecule has 3 rings (SSSR count). The van der Waals surface area contributed by atoms with Gasteiger partial charge in [-0.1, -0.05) is 30.3 Å². The molecule has 1 aliphatic carbocycles. The first-order chi connectivity index (χ1) is 14.0. The van der Waals surface area contributed by atoms with E-state index in [2.05, 4.69) is 11.4 Å². The van der Waals surface area contributed by atoms with Crippen molar-refractivity contribution in [1.82, 2.24) is 5.32 Å². The zero-order valence-electron chi connectivity index (χ0n) is 17.1. The number of aryl methyl sites for hydroxylation is 1. The van der Waals surface area contributed by atoms with E-state index in [-0.39, 0.29) is 18.4 Å². The molecule has 0 radical (unpaired) electrons. The highest BCUT2D eigenvalue weighted by Crippen LogP contribution is 2.30. The van der Waals surface area contributed by atoms with Crippen molar-refractivity contribution >= 4 is 11.9 Å². The Labute approximate surface area is 171 Å². The number of nitrogens with one attached hydrogen (secondary N) is 1. The van der Waals surface area contributed by atoms with Gasteiger partial charge in [0, 0.05) is 0 Å². The topological polar surface area (TPSA) is 73.9 Å². The van der Waals surface area contributed by atoms with E-state index in [1.165, 1.54) is 12.7 Å². The van der Waals surface area contributed by atoms with Gasteiger partial charge in [-0.2, -0.15) is 0 Å². The van der Waals surface area contributed by atoms with Crippen molar-refractivity contribution in [3.63, 3.8) is 0 Å². The number of carbonyl (C=O) groups excluding carboxylic acids is 2. The number of esters is 1. The van der Waals surface area contributed by atoms with Crippen LogP contribution in [0.2, 0.25) is 0 Å². The summed E-state index contributed by atoms with van der Waals surface area (Å²) in [5.74, 6) is 0.376. The van der Waals surface area contributed by atoms with Crippen LogP contribution in [0.15, 0.2) is 42.5 Å². The predicted octanol–water partition coefficient (Wildman–Crippen LogP) is 3.37. The molecule has 2 atom stereocenters. The van der Waals surface area contributed by atoms with Crippen molar-refractivity contribution in [2.75, 3.05) is 14.2 Å². The molecule has 154 valence electrons. The zero-order chi connectivity index (χ0) is 20.8. The molecule has 0 fully saturated rings. The third kappa shape index (κ3) is 5.08. The number of rotatable bonds is 7. The third-order valence-electron chi connectivity index (χ3n) is 5.16. The lowest BCUT2D eigenvalue weighted by Crippen LogP contribution is -2.39. The summed E-state index contributed by atoms with van der Waals surface area (Å²) in [5.41, 5.74) is 3.14. The van der Waals surface area contributed by atoms with Crippen molar-refractivity contribution in [2.24, 2.45) is 0 Å². The molecular formula is C23H27NO5. The highest BCUT2D eigenvalue weighted by Gasteiger charge is 2.25. The quantitative estimate of drug-likeness (QED) is 0.725. The summed E-state index contributed by atoms with van der Waals surface area (Å²) in [6.45, 7) is 1.59. The van der Waals surface area contributed by atoms with Crippen LogP contribution in [0, 0.1) is 0 Å². The number of amides is 1. The lowest BCUT2D eigenvalue weighted by Gasteiger charge is -2.27. The Kier molecular flexibility index (Phi) is 6.75. The first-order valence-corrected chi connectivity index (χ1v) is 9.80. The van der Waals surface area contributed by atoms with Gasteiger partial charge >= 0.3 is 5.97 Å². The standard InChI is InChI=1S/C23H27NO5/c1-15(23(26)24-19-10-6-8-17-7-4-5-9-18(17)19)29-22(25)14-16-11-12-20(27-2)21(13-16)28-3/h4-5,7,9,11-13,15,19H,6,8,10,14H2,1-3H3,(H,24,26)/t15-,19+/m1/s1. The van der Waals surface area contributed by atoms with Crippen LogP contribution in [0.5, 0.6) is 11.5 Å². The second kappa shape index (κ2) is 9.45. The Morgan fingerprint density at radius 3 is 2.62 bits per heavy atom. The molecule has 0 aliphatic heterocycles. The smallest absolute Gasteiger partial charge is 0.311 e. The molecule has 1 aliphatic rings. The number of hydrogen-bond donors (Lipinski definition) is 1. The van der Waals surface area contributed by atoms with Crippen LogP contribution < -0.4 is 14.8 Å². The molecule has 0 saturated heterocycles. The van der Waals surface area contributed by atoms with Crippen LogP contribution >= 0.6 is 0 Å². The molecule has 6 heteroatoms. The van der Waals surface area contributed by atoms with Gasteiger partial charge in [0.15, 0.2) is 17.6 Å². The third-order valence-corrected chi connectivity index (χ3v) is 5.16. The minimum absolute atomic E-state index is 0.0422. The Bertz CT molecular complexity index is 879. The number of carbonyl (C=O) groups is 2. The fraction of sp³-hybridized carbons (Fsp3) is 0.391. The van der Waals surface area contributed by atoms with Crippen LogP contribution in [0.3, 0.4) is 0 Å². The molecule has 0 bridgehead atoms. The van der Waals surface area contributed by atoms with Gasteiger partial charge in [0.2, 0.25) is 0 Å². The van der Waals surface area contributed by atoms with Crippen molar-refractivity contribution in [2.45, 2.75) is 44.8 Å². The van der Waals surface area contributed by atoms with Crippen molar-refractivity contribution in [1.29, 1.82) is 0 Å². The molecule has 29 heavy (non-hydrogen) atoms. The van der Waals surface area contributed by atoms with Gasteiger partial charge in [-0.25, -0.2) is 0 Å². The minimum Gasteiger partial charge on any atom is -0.493 e. The SMILES string of the molecule is COc1ccc(CC(=O)O[C@H](C)C(=O)N[C@H]2CCCc3ccccc32)cc1OC. The van der Waals surface area contributed by atoms with Gasteiger partial charge in [0.05, 0.1) is 26.7 Å². The first-order valence-electron chi connectivity index (χ1n) is 9.80. The van der Waals surface area contributed by atoms with E-state index in [1.807, 2.05) is 18.2 Å². The maximum absolute atomic E-state index is 12.6. The summed E-state index contributed by atoms with van der Waals surface area (Å²) in [7, 11) is 3.09. The summed E-state index contributed by atoms with van der Waals surface area (Å²) >= 11 is 0. The predicted molar refractivity (Wildman–Crippen MR) is 109 cm³/mol. The second-order valence-corrected chi connectivity index (χ2v) is 7.15. The van der Waals surface area contributed by atoms with Crippen LogP contribution in [0.1, 0.15) is 42.5 Å². The average Bonchev–Trinajstić information content (AvgIpc) is 2.73. The van der Waals surface area contributed by atoms with Crippen LogP contribution in [0.4, 0.5) is 0 Å². The van der Waals surface area contributed by atoms with Crippen LogP contribution in [0.25, 0.3) is 0 Å². The van der Waals surface area contributed by atoms with Crippen LogP contribution in [-0.2, 0) is 27.2 Å². The van der Waals surface area contributed by atoms with E-state index in [0.29, 0.717) is 11.5 Å². The fourth-order valence-electron chi connectivity index (χ4n) is 3.64. The first kappa shape index (κ1) is 20.7. The summed E-state index contributed by atoms with van der Waals surface area (Å²) in [4.78, 5) is 24.9. The Hall–Kier alpha value is -3.02. The maximum atomic E-state index is 12.6. The van der Waals surface area contributed by atoms with Gasteiger partial charge in [0.1, 0.15) is 0 Å². The summed E-state index contributed by atoms with van der Waals surface area (Å²) in [5, 5.41) is 3.02. The van der Waals surface area contributed by atoms with Gasteiger partial charge in [-0.05, 0) is 55.0 Å². The molecule has 0 saturated carbocycles. The summed E-state index contributed by atoms with van der Waals surface area (Å²) < 4.78 is 15.8. The fourth-order valence-corrected chi connectivity index (χ4v) is 3.64. The van der Waals surface area contributed by atoms with E-state index < -0.39 is 12.1 Å². The lowest BCUT2D eigenvalue weighted by molar-refractivity contribution is -0.154. The Balaban J connectivity index is 1.57. The van der Waals surface area contributed by atoms with Gasteiger partial charge in [-0.3, -0.25) is 9.59 Å². The largest absolute Gasteiger partial charge is 0.493 e.